The zero-order chi connectivity index (χ0) is 15.8. The summed E-state index contributed by atoms with van der Waals surface area (Å²) in [5.41, 5.74) is 2.77. The van der Waals surface area contributed by atoms with E-state index in [1.54, 1.807) is 0 Å². The van der Waals surface area contributed by atoms with Crippen LogP contribution in [0.1, 0.15) is 30.9 Å². The zero-order valence-corrected chi connectivity index (χ0v) is 14.0. The second kappa shape index (κ2) is 8.91. The highest BCUT2D eigenvalue weighted by Gasteiger charge is 2.19. The number of hydrogen-bond acceptors (Lipinski definition) is 3. The molecule has 1 aliphatic heterocycles. The van der Waals surface area contributed by atoms with Crippen molar-refractivity contribution >= 4 is 5.91 Å². The molecule has 0 atom stereocenters. The molecule has 1 fully saturated rings. The van der Waals surface area contributed by atoms with Gasteiger partial charge in [0.15, 0.2) is 0 Å². The first-order valence-corrected chi connectivity index (χ1v) is 8.45. The Bertz CT molecular complexity index is 467. The van der Waals surface area contributed by atoms with Crippen LogP contribution in [0, 0.1) is 6.92 Å². The second-order valence-corrected chi connectivity index (χ2v) is 6.18. The van der Waals surface area contributed by atoms with E-state index >= 15 is 0 Å². The van der Waals surface area contributed by atoms with E-state index in [2.05, 4.69) is 53.2 Å². The lowest BCUT2D eigenvalue weighted by molar-refractivity contribution is -0.122. The van der Waals surface area contributed by atoms with Crippen molar-refractivity contribution in [2.24, 2.45) is 0 Å². The highest BCUT2D eigenvalue weighted by atomic mass is 16.2. The Kier molecular flexibility index (Phi) is 6.87. The van der Waals surface area contributed by atoms with Gasteiger partial charge in [0.25, 0.3) is 0 Å². The Balaban J connectivity index is 1.69. The monoisotopic (exact) mass is 303 g/mol. The van der Waals surface area contributed by atoms with Crippen LogP contribution >= 0.6 is 0 Å². The van der Waals surface area contributed by atoms with Crippen molar-refractivity contribution in [1.29, 1.82) is 0 Å². The fourth-order valence-electron chi connectivity index (χ4n) is 2.80. The molecule has 22 heavy (non-hydrogen) atoms. The molecule has 4 heteroatoms. The average Bonchev–Trinajstić information content (AvgIpc) is 2.52. The highest BCUT2D eigenvalue weighted by Crippen LogP contribution is 2.12. The molecule has 0 unspecified atom stereocenters. The molecule has 2 rings (SSSR count). The van der Waals surface area contributed by atoms with Crippen molar-refractivity contribution < 1.29 is 4.79 Å². The van der Waals surface area contributed by atoms with Gasteiger partial charge in [0.1, 0.15) is 0 Å². The molecule has 122 valence electrons. The third kappa shape index (κ3) is 5.43. The molecular formula is C18H29N3O. The van der Waals surface area contributed by atoms with Crippen LogP contribution in [0.2, 0.25) is 0 Å². The number of rotatable bonds is 7. The minimum Gasteiger partial charge on any atom is -0.355 e. The maximum absolute atomic E-state index is 11.8. The van der Waals surface area contributed by atoms with Crippen molar-refractivity contribution in [2.45, 2.75) is 33.2 Å². The predicted octanol–water partition coefficient (Wildman–Crippen LogP) is 2.03. The zero-order valence-electron chi connectivity index (χ0n) is 14.0. The molecule has 1 N–H and O–H groups in total. The minimum absolute atomic E-state index is 0.167. The molecule has 1 amide bonds. The first kappa shape index (κ1) is 17.0. The van der Waals surface area contributed by atoms with Crippen LogP contribution in [-0.2, 0) is 11.3 Å². The van der Waals surface area contributed by atoms with E-state index in [4.69, 9.17) is 0 Å². The number of piperazine rings is 1. The Morgan fingerprint density at radius 1 is 1.14 bits per heavy atom. The lowest BCUT2D eigenvalue weighted by atomic mass is 10.1. The number of unbranched alkanes of at least 4 members (excludes halogenated alkanes) is 1. The molecular weight excluding hydrogens is 274 g/mol. The van der Waals surface area contributed by atoms with Crippen LogP contribution < -0.4 is 5.32 Å². The summed E-state index contributed by atoms with van der Waals surface area (Å²) in [6.07, 6.45) is 2.19. The molecule has 0 bridgehead atoms. The summed E-state index contributed by atoms with van der Waals surface area (Å²) in [4.78, 5) is 16.6. The smallest absolute Gasteiger partial charge is 0.234 e. The third-order valence-electron chi connectivity index (χ3n) is 4.34. The van der Waals surface area contributed by atoms with Crippen LogP contribution in [0.25, 0.3) is 0 Å². The SMILES string of the molecule is CCCCNC(=O)CN1CCN(Cc2ccccc2C)CC1. The van der Waals surface area contributed by atoms with Gasteiger partial charge >= 0.3 is 0 Å². The molecule has 1 aliphatic rings. The Morgan fingerprint density at radius 3 is 2.50 bits per heavy atom. The average molecular weight is 303 g/mol. The van der Waals surface area contributed by atoms with Crippen molar-refractivity contribution in [3.05, 3.63) is 35.4 Å². The first-order chi connectivity index (χ1) is 10.7. The van der Waals surface area contributed by atoms with E-state index in [1.165, 1.54) is 11.1 Å². The van der Waals surface area contributed by atoms with Gasteiger partial charge in [0.05, 0.1) is 6.54 Å². The van der Waals surface area contributed by atoms with Crippen LogP contribution in [0.4, 0.5) is 0 Å². The van der Waals surface area contributed by atoms with Crippen molar-refractivity contribution in [3.8, 4) is 0 Å². The summed E-state index contributed by atoms with van der Waals surface area (Å²) in [5, 5.41) is 3.00. The molecule has 0 spiro atoms. The number of benzene rings is 1. The Morgan fingerprint density at radius 2 is 1.82 bits per heavy atom. The van der Waals surface area contributed by atoms with Crippen molar-refractivity contribution in [2.75, 3.05) is 39.3 Å². The molecule has 0 radical (unpaired) electrons. The number of hydrogen-bond donors (Lipinski definition) is 1. The predicted molar refractivity (Wildman–Crippen MR) is 90.8 cm³/mol. The molecule has 0 aromatic heterocycles. The van der Waals surface area contributed by atoms with E-state index in [1.807, 2.05) is 0 Å². The molecule has 1 aromatic carbocycles. The summed E-state index contributed by atoms with van der Waals surface area (Å²) in [6.45, 7) is 10.7. The topological polar surface area (TPSA) is 35.6 Å². The second-order valence-electron chi connectivity index (χ2n) is 6.18. The van der Waals surface area contributed by atoms with E-state index in [0.29, 0.717) is 6.54 Å². The van der Waals surface area contributed by atoms with Gasteiger partial charge in [-0.15, -0.1) is 0 Å². The normalized spacial score (nSPS) is 16.6. The van der Waals surface area contributed by atoms with Gasteiger partial charge < -0.3 is 5.32 Å². The van der Waals surface area contributed by atoms with Gasteiger partial charge in [-0.2, -0.15) is 0 Å². The number of nitrogens with one attached hydrogen (secondary N) is 1. The van der Waals surface area contributed by atoms with E-state index in [0.717, 1.165) is 52.1 Å². The third-order valence-corrected chi connectivity index (χ3v) is 4.34. The minimum atomic E-state index is 0.167. The summed E-state index contributed by atoms with van der Waals surface area (Å²) < 4.78 is 0. The molecule has 0 aliphatic carbocycles. The number of aryl methyl sites for hydroxylation is 1. The Hall–Kier alpha value is -1.39. The molecule has 4 nitrogen and oxygen atoms in total. The first-order valence-electron chi connectivity index (χ1n) is 8.45. The van der Waals surface area contributed by atoms with Crippen LogP contribution in [-0.4, -0.2) is 55.0 Å². The molecule has 0 saturated carbocycles. The molecule has 1 heterocycles. The standard InChI is InChI=1S/C18H29N3O/c1-3-4-9-19-18(22)15-21-12-10-20(11-13-21)14-17-8-6-5-7-16(17)2/h5-8H,3-4,9-15H2,1-2H3,(H,19,22). The van der Waals surface area contributed by atoms with Gasteiger partial charge in [-0.3, -0.25) is 14.6 Å². The number of carbonyl (C=O) groups excluding carboxylic acids is 1. The van der Waals surface area contributed by atoms with E-state index in [-0.39, 0.29) is 5.91 Å². The van der Waals surface area contributed by atoms with Crippen LogP contribution in [0.5, 0.6) is 0 Å². The summed E-state index contributed by atoms with van der Waals surface area (Å²) >= 11 is 0. The van der Waals surface area contributed by atoms with Gasteiger partial charge in [-0.1, -0.05) is 37.6 Å². The van der Waals surface area contributed by atoms with Gasteiger partial charge in [-0.25, -0.2) is 0 Å². The lowest BCUT2D eigenvalue weighted by Gasteiger charge is -2.34. The number of carbonyl (C=O) groups is 1. The van der Waals surface area contributed by atoms with Crippen molar-refractivity contribution in [3.63, 3.8) is 0 Å². The van der Waals surface area contributed by atoms with Crippen LogP contribution in [0.3, 0.4) is 0 Å². The van der Waals surface area contributed by atoms with Gasteiger partial charge in [-0.05, 0) is 24.5 Å². The summed E-state index contributed by atoms with van der Waals surface area (Å²) in [6, 6.07) is 8.59. The maximum Gasteiger partial charge on any atom is 0.234 e. The van der Waals surface area contributed by atoms with E-state index in [9.17, 15) is 4.79 Å². The van der Waals surface area contributed by atoms with Crippen LogP contribution in [0.15, 0.2) is 24.3 Å². The molecule has 1 saturated heterocycles. The van der Waals surface area contributed by atoms with Gasteiger partial charge in [0, 0.05) is 39.3 Å². The number of amides is 1. The molecule has 1 aromatic rings. The lowest BCUT2D eigenvalue weighted by Crippen LogP contribution is -2.49. The maximum atomic E-state index is 11.8. The van der Waals surface area contributed by atoms with E-state index < -0.39 is 0 Å². The fraction of sp³-hybridized carbons (Fsp3) is 0.611. The fourth-order valence-corrected chi connectivity index (χ4v) is 2.80. The summed E-state index contributed by atoms with van der Waals surface area (Å²) in [5.74, 6) is 0.167. The number of nitrogens with zero attached hydrogens (tertiary/aromatic N) is 2. The summed E-state index contributed by atoms with van der Waals surface area (Å²) in [7, 11) is 0. The van der Waals surface area contributed by atoms with Crippen molar-refractivity contribution in [1.82, 2.24) is 15.1 Å². The highest BCUT2D eigenvalue weighted by molar-refractivity contribution is 5.77. The van der Waals surface area contributed by atoms with Gasteiger partial charge in [0.2, 0.25) is 5.91 Å². The quantitative estimate of drug-likeness (QED) is 0.783. The largest absolute Gasteiger partial charge is 0.355 e. The Labute approximate surface area is 134 Å².